The minimum absolute atomic E-state index is 0.344. The van der Waals surface area contributed by atoms with E-state index in [2.05, 4.69) is 55.0 Å². The molecular weight excluding hydrogens is 302 g/mol. The Hall–Kier alpha value is -0.540. The highest BCUT2D eigenvalue weighted by molar-refractivity contribution is 9.10. The molecule has 3 heteroatoms. The molecule has 0 radical (unpaired) electrons. The molecule has 2 nitrogen and oxygen atoms in total. The molecule has 0 fully saturated rings. The maximum absolute atomic E-state index is 5.79. The maximum atomic E-state index is 5.79. The SMILES string of the molecule is CCCOc1ccc(Br)cc1CNCC(C)(C)CC. The lowest BCUT2D eigenvalue weighted by atomic mass is 9.90. The van der Waals surface area contributed by atoms with E-state index in [1.54, 1.807) is 0 Å². The Morgan fingerprint density at radius 1 is 1.26 bits per heavy atom. The van der Waals surface area contributed by atoms with Crippen LogP contribution >= 0.6 is 15.9 Å². The zero-order chi connectivity index (χ0) is 14.3. The van der Waals surface area contributed by atoms with E-state index in [-0.39, 0.29) is 0 Å². The van der Waals surface area contributed by atoms with Gasteiger partial charge in [0.1, 0.15) is 5.75 Å². The van der Waals surface area contributed by atoms with Gasteiger partial charge in [0.2, 0.25) is 0 Å². The van der Waals surface area contributed by atoms with Crippen LogP contribution in [0.5, 0.6) is 5.75 Å². The Balaban J connectivity index is 2.62. The molecule has 0 aliphatic rings. The Morgan fingerprint density at radius 3 is 2.63 bits per heavy atom. The highest BCUT2D eigenvalue weighted by atomic mass is 79.9. The van der Waals surface area contributed by atoms with Gasteiger partial charge in [-0.25, -0.2) is 0 Å². The highest BCUT2D eigenvalue weighted by Gasteiger charge is 2.14. The first kappa shape index (κ1) is 16.5. The zero-order valence-corrected chi connectivity index (χ0v) is 14.1. The molecule has 1 rings (SSSR count). The van der Waals surface area contributed by atoms with Crippen LogP contribution in [0.1, 0.15) is 46.1 Å². The van der Waals surface area contributed by atoms with Crippen LogP contribution in [0.25, 0.3) is 0 Å². The van der Waals surface area contributed by atoms with Gasteiger partial charge in [0, 0.05) is 23.1 Å². The lowest BCUT2D eigenvalue weighted by molar-refractivity contribution is 0.307. The molecule has 1 aromatic carbocycles. The maximum Gasteiger partial charge on any atom is 0.123 e. The summed E-state index contributed by atoms with van der Waals surface area (Å²) >= 11 is 3.53. The van der Waals surface area contributed by atoms with Crippen molar-refractivity contribution in [3.8, 4) is 5.75 Å². The molecule has 19 heavy (non-hydrogen) atoms. The quantitative estimate of drug-likeness (QED) is 0.743. The second-order valence-electron chi connectivity index (χ2n) is 5.72. The van der Waals surface area contributed by atoms with Gasteiger partial charge < -0.3 is 10.1 Å². The van der Waals surface area contributed by atoms with Crippen LogP contribution in [-0.4, -0.2) is 13.2 Å². The number of hydrogen-bond donors (Lipinski definition) is 1. The summed E-state index contributed by atoms with van der Waals surface area (Å²) in [6.07, 6.45) is 2.21. The third-order valence-corrected chi connectivity index (χ3v) is 3.85. The second kappa shape index (κ2) is 7.91. The fourth-order valence-corrected chi connectivity index (χ4v) is 2.11. The minimum atomic E-state index is 0.344. The van der Waals surface area contributed by atoms with Crippen LogP contribution in [0, 0.1) is 5.41 Å². The standard InChI is InChI=1S/C16H26BrNO/c1-5-9-19-15-8-7-14(17)10-13(15)11-18-12-16(3,4)6-2/h7-8,10,18H,5-6,9,11-12H2,1-4H3. The average molecular weight is 328 g/mol. The third-order valence-electron chi connectivity index (χ3n) is 3.36. The molecule has 0 bridgehead atoms. The fourth-order valence-electron chi connectivity index (χ4n) is 1.70. The van der Waals surface area contributed by atoms with Crippen LogP contribution in [0.2, 0.25) is 0 Å². The smallest absolute Gasteiger partial charge is 0.123 e. The third kappa shape index (κ3) is 5.96. The summed E-state index contributed by atoms with van der Waals surface area (Å²) in [4.78, 5) is 0. The van der Waals surface area contributed by atoms with Gasteiger partial charge >= 0.3 is 0 Å². The number of halogens is 1. The van der Waals surface area contributed by atoms with Crippen molar-refractivity contribution in [1.82, 2.24) is 5.32 Å². The summed E-state index contributed by atoms with van der Waals surface area (Å²) in [6, 6.07) is 6.21. The summed E-state index contributed by atoms with van der Waals surface area (Å²) in [6.45, 7) is 11.6. The lowest BCUT2D eigenvalue weighted by Gasteiger charge is -2.23. The zero-order valence-electron chi connectivity index (χ0n) is 12.6. The molecule has 108 valence electrons. The van der Waals surface area contributed by atoms with Crippen LogP contribution < -0.4 is 10.1 Å². The Bertz CT molecular complexity index is 390. The Kier molecular flexibility index (Phi) is 6.87. The normalized spacial score (nSPS) is 11.6. The summed E-state index contributed by atoms with van der Waals surface area (Å²) in [5, 5.41) is 3.54. The first-order valence-electron chi connectivity index (χ1n) is 7.10. The predicted octanol–water partition coefficient (Wildman–Crippen LogP) is 4.76. The molecule has 0 aliphatic carbocycles. The van der Waals surface area contributed by atoms with Gasteiger partial charge in [-0.05, 0) is 36.5 Å². The Morgan fingerprint density at radius 2 is 2.00 bits per heavy atom. The van der Waals surface area contributed by atoms with Gasteiger partial charge in [-0.15, -0.1) is 0 Å². The molecule has 0 aromatic heterocycles. The summed E-state index contributed by atoms with van der Waals surface area (Å²) < 4.78 is 6.89. The summed E-state index contributed by atoms with van der Waals surface area (Å²) in [7, 11) is 0. The molecule has 0 aliphatic heterocycles. The molecule has 0 unspecified atom stereocenters. The van der Waals surface area contributed by atoms with E-state index in [4.69, 9.17) is 4.74 Å². The number of nitrogens with one attached hydrogen (secondary N) is 1. The molecule has 0 spiro atoms. The molecule has 0 saturated heterocycles. The van der Waals surface area contributed by atoms with E-state index in [9.17, 15) is 0 Å². The van der Waals surface area contributed by atoms with Crippen molar-refractivity contribution in [2.24, 2.45) is 5.41 Å². The van der Waals surface area contributed by atoms with Crippen molar-refractivity contribution in [3.63, 3.8) is 0 Å². The second-order valence-corrected chi connectivity index (χ2v) is 6.64. The fraction of sp³-hybridized carbons (Fsp3) is 0.625. The highest BCUT2D eigenvalue weighted by Crippen LogP contribution is 2.24. The van der Waals surface area contributed by atoms with E-state index in [0.29, 0.717) is 5.41 Å². The molecule has 0 atom stereocenters. The van der Waals surface area contributed by atoms with Crippen molar-refractivity contribution in [1.29, 1.82) is 0 Å². The van der Waals surface area contributed by atoms with Crippen molar-refractivity contribution >= 4 is 15.9 Å². The van der Waals surface area contributed by atoms with E-state index < -0.39 is 0 Å². The average Bonchev–Trinajstić information content (AvgIpc) is 2.38. The molecule has 1 N–H and O–H groups in total. The van der Waals surface area contributed by atoms with E-state index >= 15 is 0 Å². The Labute approximate surface area is 126 Å². The number of ether oxygens (including phenoxy) is 1. The number of hydrogen-bond acceptors (Lipinski definition) is 2. The molecule has 0 amide bonds. The van der Waals surface area contributed by atoms with E-state index in [0.717, 1.165) is 36.3 Å². The molecular formula is C16H26BrNO. The summed E-state index contributed by atoms with van der Waals surface area (Å²) in [5.74, 6) is 0.992. The van der Waals surface area contributed by atoms with Gasteiger partial charge in [0.25, 0.3) is 0 Å². The van der Waals surface area contributed by atoms with E-state index in [1.807, 2.05) is 12.1 Å². The van der Waals surface area contributed by atoms with E-state index in [1.165, 1.54) is 12.0 Å². The van der Waals surface area contributed by atoms with Crippen molar-refractivity contribution in [3.05, 3.63) is 28.2 Å². The molecule has 0 heterocycles. The monoisotopic (exact) mass is 327 g/mol. The van der Waals surface area contributed by atoms with Gasteiger partial charge in [-0.2, -0.15) is 0 Å². The van der Waals surface area contributed by atoms with Crippen LogP contribution in [0.15, 0.2) is 22.7 Å². The number of benzene rings is 1. The van der Waals surface area contributed by atoms with Gasteiger partial charge in [-0.1, -0.05) is 43.6 Å². The van der Waals surface area contributed by atoms with Crippen molar-refractivity contribution < 1.29 is 4.74 Å². The minimum Gasteiger partial charge on any atom is -0.493 e. The van der Waals surface area contributed by atoms with Crippen LogP contribution in [-0.2, 0) is 6.54 Å². The summed E-state index contributed by atoms with van der Waals surface area (Å²) in [5.41, 5.74) is 1.56. The van der Waals surface area contributed by atoms with Gasteiger partial charge in [0.05, 0.1) is 6.61 Å². The van der Waals surface area contributed by atoms with Gasteiger partial charge in [-0.3, -0.25) is 0 Å². The van der Waals surface area contributed by atoms with Crippen molar-refractivity contribution in [2.45, 2.75) is 47.1 Å². The first-order valence-corrected chi connectivity index (χ1v) is 7.89. The molecule has 0 saturated carbocycles. The number of rotatable bonds is 8. The lowest BCUT2D eigenvalue weighted by Crippen LogP contribution is -2.28. The topological polar surface area (TPSA) is 21.3 Å². The predicted molar refractivity (Wildman–Crippen MR) is 85.7 cm³/mol. The van der Waals surface area contributed by atoms with Gasteiger partial charge in [0.15, 0.2) is 0 Å². The van der Waals surface area contributed by atoms with Crippen LogP contribution in [0.3, 0.4) is 0 Å². The molecule has 1 aromatic rings. The largest absolute Gasteiger partial charge is 0.493 e. The van der Waals surface area contributed by atoms with Crippen LogP contribution in [0.4, 0.5) is 0 Å². The first-order chi connectivity index (χ1) is 8.98. The van der Waals surface area contributed by atoms with Crippen molar-refractivity contribution in [2.75, 3.05) is 13.2 Å².